The maximum atomic E-state index is 11.7. The highest BCUT2D eigenvalue weighted by Gasteiger charge is 2.23. The Morgan fingerprint density at radius 1 is 1.42 bits per heavy atom. The number of esters is 1. The zero-order valence-electron chi connectivity index (χ0n) is 11.0. The van der Waals surface area contributed by atoms with Gasteiger partial charge in [-0.3, -0.25) is 4.79 Å². The van der Waals surface area contributed by atoms with Crippen LogP contribution in [0, 0.1) is 5.92 Å². The van der Waals surface area contributed by atoms with Crippen molar-refractivity contribution in [3.8, 4) is 0 Å². The van der Waals surface area contributed by atoms with E-state index in [4.69, 9.17) is 0 Å². The summed E-state index contributed by atoms with van der Waals surface area (Å²) in [4.78, 5) is 24.2. The maximum Gasteiger partial charge on any atom is 0.328 e. The van der Waals surface area contributed by atoms with Crippen LogP contribution >= 0.6 is 27.3 Å². The van der Waals surface area contributed by atoms with Crippen molar-refractivity contribution in [3.63, 3.8) is 0 Å². The lowest BCUT2D eigenvalue weighted by Gasteiger charge is -2.18. The molecule has 0 aliphatic heterocycles. The number of thiophene rings is 1. The number of halogens is 1. The molecule has 1 rings (SSSR count). The second-order valence-corrected chi connectivity index (χ2v) is 6.72. The van der Waals surface area contributed by atoms with E-state index < -0.39 is 12.0 Å². The number of hydrogen-bond donors (Lipinski definition) is 1. The molecule has 1 atom stereocenters. The number of carbonyl (C=O) groups excluding carboxylic acids is 2. The first-order chi connectivity index (χ1) is 8.93. The minimum absolute atomic E-state index is 0.0271. The average molecular weight is 346 g/mol. The molecular formula is C13H16BrNO3S. The normalized spacial score (nSPS) is 12.7. The highest BCUT2D eigenvalue weighted by atomic mass is 79.9. The van der Waals surface area contributed by atoms with Crippen LogP contribution in [0.5, 0.6) is 0 Å². The number of hydrogen-bond acceptors (Lipinski definition) is 4. The summed E-state index contributed by atoms with van der Waals surface area (Å²) in [5.74, 6) is -0.773. The number of ether oxygens (including phenoxy) is 1. The molecule has 0 fully saturated rings. The third-order valence-corrected chi connectivity index (χ3v) is 4.00. The van der Waals surface area contributed by atoms with Crippen LogP contribution in [0.1, 0.15) is 18.7 Å². The van der Waals surface area contributed by atoms with Gasteiger partial charge in [-0.25, -0.2) is 4.79 Å². The molecule has 0 saturated carbocycles. The van der Waals surface area contributed by atoms with E-state index in [-0.39, 0.29) is 11.8 Å². The summed E-state index contributed by atoms with van der Waals surface area (Å²) < 4.78 is 5.66. The van der Waals surface area contributed by atoms with Gasteiger partial charge in [-0.2, -0.15) is 0 Å². The van der Waals surface area contributed by atoms with Gasteiger partial charge in [0.05, 0.1) is 10.9 Å². The molecule has 0 radical (unpaired) electrons. The van der Waals surface area contributed by atoms with Crippen molar-refractivity contribution in [1.82, 2.24) is 5.32 Å². The van der Waals surface area contributed by atoms with Gasteiger partial charge in [-0.1, -0.05) is 13.8 Å². The van der Waals surface area contributed by atoms with Crippen LogP contribution in [0.25, 0.3) is 6.08 Å². The zero-order chi connectivity index (χ0) is 14.4. The minimum atomic E-state index is -0.628. The van der Waals surface area contributed by atoms with Gasteiger partial charge in [-0.15, -0.1) is 11.3 Å². The SMILES string of the molecule is COC(=O)C(NC(=O)/C=C/c1ccc(Br)s1)C(C)C. The number of rotatable bonds is 5. The van der Waals surface area contributed by atoms with E-state index >= 15 is 0 Å². The second kappa shape index (κ2) is 7.45. The Kier molecular flexibility index (Phi) is 6.24. The fourth-order valence-corrected chi connectivity index (χ4v) is 2.73. The first kappa shape index (κ1) is 15.9. The van der Waals surface area contributed by atoms with E-state index in [0.717, 1.165) is 8.66 Å². The summed E-state index contributed by atoms with van der Waals surface area (Å²) >= 11 is 4.87. The third-order valence-electron chi connectivity index (χ3n) is 2.41. The quantitative estimate of drug-likeness (QED) is 0.659. The molecule has 0 bridgehead atoms. The first-order valence-corrected chi connectivity index (χ1v) is 7.36. The Morgan fingerprint density at radius 3 is 2.58 bits per heavy atom. The molecule has 0 aliphatic rings. The molecule has 0 spiro atoms. The largest absolute Gasteiger partial charge is 0.467 e. The molecule has 1 unspecified atom stereocenters. The lowest BCUT2D eigenvalue weighted by Crippen LogP contribution is -2.44. The van der Waals surface area contributed by atoms with Crippen LogP contribution < -0.4 is 5.32 Å². The van der Waals surface area contributed by atoms with Crippen LogP contribution in [0.3, 0.4) is 0 Å². The molecule has 19 heavy (non-hydrogen) atoms. The van der Waals surface area contributed by atoms with Crippen molar-refractivity contribution in [2.45, 2.75) is 19.9 Å². The van der Waals surface area contributed by atoms with Crippen molar-refractivity contribution in [2.75, 3.05) is 7.11 Å². The van der Waals surface area contributed by atoms with E-state index in [1.165, 1.54) is 24.5 Å². The molecule has 1 heterocycles. The summed E-state index contributed by atoms with van der Waals surface area (Å²) in [5, 5.41) is 2.64. The fourth-order valence-electron chi connectivity index (χ4n) is 1.40. The van der Waals surface area contributed by atoms with Crippen LogP contribution in [-0.2, 0) is 14.3 Å². The van der Waals surface area contributed by atoms with Crippen molar-refractivity contribution >= 4 is 45.2 Å². The van der Waals surface area contributed by atoms with Crippen molar-refractivity contribution in [1.29, 1.82) is 0 Å². The third kappa shape index (κ3) is 5.16. The lowest BCUT2D eigenvalue weighted by molar-refractivity contribution is -0.145. The van der Waals surface area contributed by atoms with Gasteiger partial charge in [0.1, 0.15) is 6.04 Å². The van der Waals surface area contributed by atoms with Crippen LogP contribution in [0.15, 0.2) is 22.0 Å². The van der Waals surface area contributed by atoms with Gasteiger partial charge in [0.25, 0.3) is 0 Å². The van der Waals surface area contributed by atoms with E-state index in [0.29, 0.717) is 0 Å². The highest BCUT2D eigenvalue weighted by molar-refractivity contribution is 9.11. The Hall–Kier alpha value is -1.14. The van der Waals surface area contributed by atoms with Crippen molar-refractivity contribution in [3.05, 3.63) is 26.9 Å². The molecular weight excluding hydrogens is 330 g/mol. The van der Waals surface area contributed by atoms with E-state index in [9.17, 15) is 9.59 Å². The number of methoxy groups -OCH3 is 1. The van der Waals surface area contributed by atoms with E-state index in [2.05, 4.69) is 26.0 Å². The van der Waals surface area contributed by atoms with Gasteiger partial charge >= 0.3 is 5.97 Å². The second-order valence-electron chi connectivity index (χ2n) is 4.23. The molecule has 0 saturated heterocycles. The Labute approximate surface area is 125 Å². The highest BCUT2D eigenvalue weighted by Crippen LogP contribution is 2.22. The number of carbonyl (C=O) groups is 2. The van der Waals surface area contributed by atoms with Crippen LogP contribution in [-0.4, -0.2) is 25.0 Å². The summed E-state index contributed by atoms with van der Waals surface area (Å²) in [6, 6.07) is 3.18. The first-order valence-electron chi connectivity index (χ1n) is 5.75. The molecule has 0 aliphatic carbocycles. The Balaban J connectivity index is 2.62. The average Bonchev–Trinajstić information content (AvgIpc) is 2.78. The Bertz CT molecular complexity index is 482. The number of nitrogens with one attached hydrogen (secondary N) is 1. The molecule has 6 heteroatoms. The summed E-state index contributed by atoms with van der Waals surface area (Å²) in [6.07, 6.45) is 3.12. The number of amides is 1. The van der Waals surface area contributed by atoms with Gasteiger partial charge in [0.2, 0.25) is 5.91 Å². The van der Waals surface area contributed by atoms with Gasteiger partial charge < -0.3 is 10.1 Å². The predicted octanol–water partition coefficient (Wildman–Crippen LogP) is 2.84. The fraction of sp³-hybridized carbons (Fsp3) is 0.385. The molecule has 4 nitrogen and oxygen atoms in total. The topological polar surface area (TPSA) is 55.4 Å². The van der Waals surface area contributed by atoms with E-state index in [1.807, 2.05) is 26.0 Å². The molecule has 1 amide bonds. The standard InChI is InChI=1S/C13H16BrNO3S/c1-8(2)12(13(17)18-3)15-11(16)7-5-9-4-6-10(14)19-9/h4-8,12H,1-3H3,(H,15,16)/b7-5+. The minimum Gasteiger partial charge on any atom is -0.467 e. The van der Waals surface area contributed by atoms with Gasteiger partial charge in [0, 0.05) is 11.0 Å². The Morgan fingerprint density at radius 2 is 2.11 bits per heavy atom. The van der Waals surface area contributed by atoms with Crippen molar-refractivity contribution in [2.24, 2.45) is 5.92 Å². The summed E-state index contributed by atoms with van der Waals surface area (Å²) in [7, 11) is 1.31. The van der Waals surface area contributed by atoms with Crippen molar-refractivity contribution < 1.29 is 14.3 Å². The summed E-state index contributed by atoms with van der Waals surface area (Å²) in [6.45, 7) is 3.70. The molecule has 104 valence electrons. The van der Waals surface area contributed by atoms with Gasteiger partial charge in [0.15, 0.2) is 0 Å². The summed E-state index contributed by atoms with van der Waals surface area (Å²) in [5.41, 5.74) is 0. The lowest BCUT2D eigenvalue weighted by atomic mass is 10.0. The zero-order valence-corrected chi connectivity index (χ0v) is 13.4. The molecule has 1 aromatic rings. The van der Waals surface area contributed by atoms with Crippen LogP contribution in [0.2, 0.25) is 0 Å². The van der Waals surface area contributed by atoms with Crippen LogP contribution in [0.4, 0.5) is 0 Å². The molecule has 1 N–H and O–H groups in total. The monoisotopic (exact) mass is 345 g/mol. The smallest absolute Gasteiger partial charge is 0.328 e. The molecule has 0 aromatic carbocycles. The predicted molar refractivity (Wildman–Crippen MR) is 79.8 cm³/mol. The maximum absolute atomic E-state index is 11.7. The molecule has 1 aromatic heterocycles. The van der Waals surface area contributed by atoms with Gasteiger partial charge in [-0.05, 0) is 40.1 Å². The van der Waals surface area contributed by atoms with E-state index in [1.54, 1.807) is 6.08 Å².